The van der Waals surface area contributed by atoms with Crippen LogP contribution >= 0.6 is 11.3 Å². The number of ether oxygens (including phenoxy) is 3. The zero-order valence-corrected chi connectivity index (χ0v) is 18.3. The number of esters is 1. The summed E-state index contributed by atoms with van der Waals surface area (Å²) in [5.74, 6) is -1.92. The maximum atomic E-state index is 11.2. The molecule has 170 valence electrons. The molecule has 1 aliphatic heterocycles. The van der Waals surface area contributed by atoms with Gasteiger partial charge in [-0.05, 0) is 5.56 Å². The number of hydrogen-bond donors (Lipinski definition) is 2. The quantitative estimate of drug-likeness (QED) is 0.300. The van der Waals surface area contributed by atoms with E-state index in [1.54, 1.807) is 11.3 Å². The predicted octanol–water partition coefficient (Wildman–Crippen LogP) is 2.37. The first-order valence-corrected chi connectivity index (χ1v) is 10.9. The normalized spacial score (nSPS) is 13.6. The highest BCUT2D eigenvalue weighted by molar-refractivity contribution is 7.20. The number of benzene rings is 1. The Kier molecular flexibility index (Phi) is 9.38. The molecule has 9 nitrogen and oxygen atoms in total. The molecule has 32 heavy (non-hydrogen) atoms. The summed E-state index contributed by atoms with van der Waals surface area (Å²) in [6.45, 7) is 4.38. The third kappa shape index (κ3) is 7.89. The summed E-state index contributed by atoms with van der Waals surface area (Å²) >= 11 is 1.60. The Morgan fingerprint density at radius 2 is 1.94 bits per heavy atom. The van der Waals surface area contributed by atoms with Gasteiger partial charge in [0.15, 0.2) is 4.96 Å². The number of hydrogen-bond acceptors (Lipinski definition) is 8. The van der Waals surface area contributed by atoms with Gasteiger partial charge in [-0.25, -0.2) is 14.6 Å². The van der Waals surface area contributed by atoms with Crippen molar-refractivity contribution < 1.29 is 28.9 Å². The molecule has 0 amide bonds. The molecule has 1 fully saturated rings. The number of fused-ring (bicyclic) bond motifs is 1. The van der Waals surface area contributed by atoms with Crippen molar-refractivity contribution in [3.63, 3.8) is 0 Å². The Labute approximate surface area is 189 Å². The van der Waals surface area contributed by atoms with Gasteiger partial charge in [-0.1, -0.05) is 41.7 Å². The number of thiazole rings is 1. The molecular weight excluding hydrogens is 434 g/mol. The van der Waals surface area contributed by atoms with E-state index in [0.29, 0.717) is 6.61 Å². The fourth-order valence-electron chi connectivity index (χ4n) is 2.73. The second-order valence-corrected chi connectivity index (χ2v) is 7.65. The van der Waals surface area contributed by atoms with Crippen LogP contribution in [0.25, 0.3) is 15.4 Å². The number of aliphatic carboxylic acids is 1. The number of carbonyl (C=O) groups is 2. The highest BCUT2D eigenvalue weighted by Gasteiger charge is 2.08. The van der Waals surface area contributed by atoms with Gasteiger partial charge in [0.2, 0.25) is 0 Å². The van der Waals surface area contributed by atoms with E-state index in [1.165, 1.54) is 0 Å². The van der Waals surface area contributed by atoms with Crippen LogP contribution < -0.4 is 5.32 Å². The molecule has 0 radical (unpaired) electrons. The van der Waals surface area contributed by atoms with Gasteiger partial charge in [0.25, 0.3) is 0 Å². The lowest BCUT2D eigenvalue weighted by atomic mass is 10.2. The lowest BCUT2D eigenvalue weighted by Crippen LogP contribution is -2.30. The van der Waals surface area contributed by atoms with Crippen LogP contribution in [0.5, 0.6) is 0 Å². The van der Waals surface area contributed by atoms with Gasteiger partial charge >= 0.3 is 11.9 Å². The average molecular weight is 460 g/mol. The van der Waals surface area contributed by atoms with Crippen molar-refractivity contribution in [3.05, 3.63) is 60.6 Å². The summed E-state index contributed by atoms with van der Waals surface area (Å²) in [7, 11) is 0. The molecule has 2 aromatic heterocycles. The molecule has 0 spiro atoms. The number of nitrogens with zero attached hydrogens (tertiary/aromatic N) is 2. The van der Waals surface area contributed by atoms with Crippen LogP contribution in [0.1, 0.15) is 5.69 Å². The molecule has 0 aliphatic carbocycles. The highest BCUT2D eigenvalue weighted by Crippen LogP contribution is 2.28. The van der Waals surface area contributed by atoms with Gasteiger partial charge in [0.05, 0.1) is 37.0 Å². The number of nitrogens with one attached hydrogen (secondary N) is 1. The lowest BCUT2D eigenvalue weighted by molar-refractivity contribution is -0.140. The zero-order chi connectivity index (χ0) is 22.6. The van der Waals surface area contributed by atoms with E-state index in [-0.39, 0.29) is 13.2 Å². The Hall–Kier alpha value is -3.05. The second kappa shape index (κ2) is 12.7. The highest BCUT2D eigenvalue weighted by atomic mass is 32.1. The SMILES string of the molecule is C1COCCN1.O=C(O)/C=C\C(=O)OCCOCc1cn2cc(-c3ccccc3)sc2n1. The summed E-state index contributed by atoms with van der Waals surface area (Å²) in [6, 6.07) is 10.1. The molecule has 3 heterocycles. The van der Waals surface area contributed by atoms with Crippen molar-refractivity contribution in [2.45, 2.75) is 6.61 Å². The first kappa shape index (κ1) is 23.6. The number of carbonyl (C=O) groups excluding carboxylic acids is 1. The van der Waals surface area contributed by atoms with Crippen LogP contribution in [-0.4, -0.2) is 65.9 Å². The fraction of sp³-hybridized carbons (Fsp3) is 0.318. The van der Waals surface area contributed by atoms with Crippen molar-refractivity contribution in [1.82, 2.24) is 14.7 Å². The van der Waals surface area contributed by atoms with Gasteiger partial charge in [-0.2, -0.15) is 0 Å². The number of aromatic nitrogens is 2. The molecule has 2 N–H and O–H groups in total. The lowest BCUT2D eigenvalue weighted by Gasteiger charge is -2.10. The zero-order valence-electron chi connectivity index (χ0n) is 17.4. The first-order chi connectivity index (χ1) is 15.6. The van der Waals surface area contributed by atoms with Crippen LogP contribution in [0.15, 0.2) is 54.9 Å². The topological polar surface area (TPSA) is 111 Å². The fourth-order valence-corrected chi connectivity index (χ4v) is 3.72. The monoisotopic (exact) mass is 459 g/mol. The van der Waals surface area contributed by atoms with Gasteiger partial charge in [-0.3, -0.25) is 4.40 Å². The van der Waals surface area contributed by atoms with Crippen LogP contribution in [0, 0.1) is 0 Å². The van der Waals surface area contributed by atoms with Gasteiger partial charge in [0, 0.05) is 37.6 Å². The predicted molar refractivity (Wildman–Crippen MR) is 120 cm³/mol. The molecule has 0 atom stereocenters. The molecule has 3 aromatic rings. The standard InChI is InChI=1S/C18H16N2O5S.C4H9NO/c21-16(22)6-7-17(23)25-9-8-24-12-14-10-20-11-15(26-18(20)19-14)13-4-2-1-3-5-13;1-3-6-4-2-5-1/h1-7,10-11H,8-9,12H2,(H,21,22);5H,1-4H2/b7-6-;. The van der Waals surface area contributed by atoms with Crippen molar-refractivity contribution >= 4 is 28.2 Å². The molecule has 1 saturated heterocycles. The number of rotatable bonds is 8. The minimum Gasteiger partial charge on any atom is -0.478 e. The third-order valence-corrected chi connectivity index (χ3v) is 5.24. The molecule has 10 heteroatoms. The van der Waals surface area contributed by atoms with E-state index in [1.807, 2.05) is 35.0 Å². The van der Waals surface area contributed by atoms with Crippen LogP contribution in [-0.2, 0) is 30.4 Å². The number of carboxylic acid groups (broad SMARTS) is 1. The Balaban J connectivity index is 0.000000416. The van der Waals surface area contributed by atoms with Crippen LogP contribution in [0.3, 0.4) is 0 Å². The summed E-state index contributed by atoms with van der Waals surface area (Å²) < 4.78 is 17.2. The van der Waals surface area contributed by atoms with E-state index < -0.39 is 11.9 Å². The molecule has 0 bridgehead atoms. The minimum absolute atomic E-state index is 0.0448. The summed E-state index contributed by atoms with van der Waals surface area (Å²) in [6.07, 6.45) is 5.52. The van der Waals surface area contributed by atoms with Crippen LogP contribution in [0.4, 0.5) is 0 Å². The summed E-state index contributed by atoms with van der Waals surface area (Å²) in [5, 5.41) is 11.6. The number of imidazole rings is 1. The van der Waals surface area contributed by atoms with E-state index in [2.05, 4.69) is 22.4 Å². The summed E-state index contributed by atoms with van der Waals surface area (Å²) in [5.41, 5.74) is 1.94. The number of carboxylic acids is 1. The van der Waals surface area contributed by atoms with E-state index >= 15 is 0 Å². The second-order valence-electron chi connectivity index (χ2n) is 6.64. The molecular formula is C22H25N3O6S. The molecule has 1 aromatic carbocycles. The Bertz CT molecular complexity index is 984. The molecule has 0 unspecified atom stereocenters. The Morgan fingerprint density at radius 3 is 2.56 bits per heavy atom. The van der Waals surface area contributed by atoms with Crippen molar-refractivity contribution in [2.24, 2.45) is 0 Å². The average Bonchev–Trinajstić information content (AvgIpc) is 3.39. The van der Waals surface area contributed by atoms with E-state index in [0.717, 1.165) is 59.6 Å². The van der Waals surface area contributed by atoms with Crippen molar-refractivity contribution in [2.75, 3.05) is 39.5 Å². The molecule has 4 rings (SSSR count). The molecule has 0 saturated carbocycles. The maximum absolute atomic E-state index is 11.2. The summed E-state index contributed by atoms with van der Waals surface area (Å²) in [4.78, 5) is 28.0. The van der Waals surface area contributed by atoms with E-state index in [9.17, 15) is 9.59 Å². The maximum Gasteiger partial charge on any atom is 0.331 e. The van der Waals surface area contributed by atoms with E-state index in [4.69, 9.17) is 19.3 Å². The van der Waals surface area contributed by atoms with Crippen LogP contribution in [0.2, 0.25) is 0 Å². The van der Waals surface area contributed by atoms with Crippen molar-refractivity contribution in [3.8, 4) is 10.4 Å². The van der Waals surface area contributed by atoms with Gasteiger partial charge in [0.1, 0.15) is 6.61 Å². The largest absolute Gasteiger partial charge is 0.478 e. The van der Waals surface area contributed by atoms with Gasteiger partial charge in [-0.15, -0.1) is 0 Å². The number of morpholine rings is 1. The third-order valence-electron chi connectivity index (χ3n) is 4.19. The first-order valence-electron chi connectivity index (χ1n) is 10.1. The smallest absolute Gasteiger partial charge is 0.331 e. The van der Waals surface area contributed by atoms with Gasteiger partial charge < -0.3 is 24.6 Å². The Morgan fingerprint density at radius 1 is 1.16 bits per heavy atom. The minimum atomic E-state index is -1.20. The van der Waals surface area contributed by atoms with Crippen molar-refractivity contribution in [1.29, 1.82) is 0 Å². The molecule has 1 aliphatic rings.